The molecule has 4 heterocycles. The lowest BCUT2D eigenvalue weighted by Gasteiger charge is -2.18. The van der Waals surface area contributed by atoms with Crippen LogP contribution in [0.1, 0.15) is 12.1 Å². The number of halogens is 3. The number of hydrogen-bond acceptors (Lipinski definition) is 8. The number of anilines is 3. The summed E-state index contributed by atoms with van der Waals surface area (Å²) >= 11 is 0. The first-order chi connectivity index (χ1) is 15.7. The number of fused-ring (bicyclic) bond motifs is 1. The minimum atomic E-state index is -4.40. The molecule has 3 aromatic rings. The summed E-state index contributed by atoms with van der Waals surface area (Å²) in [4.78, 5) is 27.0. The van der Waals surface area contributed by atoms with E-state index < -0.39 is 12.8 Å². The summed E-state index contributed by atoms with van der Waals surface area (Å²) in [5, 5.41) is 7.59. The van der Waals surface area contributed by atoms with Gasteiger partial charge < -0.3 is 20.7 Å². The molecule has 176 valence electrons. The van der Waals surface area contributed by atoms with Crippen LogP contribution in [-0.2, 0) is 16.1 Å². The number of pyridine rings is 1. The molecule has 3 aromatic heterocycles. The van der Waals surface area contributed by atoms with Crippen molar-refractivity contribution in [3.05, 3.63) is 30.1 Å². The van der Waals surface area contributed by atoms with Gasteiger partial charge in [0.05, 0.1) is 24.8 Å². The van der Waals surface area contributed by atoms with E-state index in [4.69, 9.17) is 10.5 Å². The van der Waals surface area contributed by atoms with Gasteiger partial charge in [-0.2, -0.15) is 23.3 Å². The second kappa shape index (κ2) is 9.17. The first-order valence-corrected chi connectivity index (χ1v) is 10.3. The highest BCUT2D eigenvalue weighted by atomic mass is 19.4. The highest BCUT2D eigenvalue weighted by Crippen LogP contribution is 2.30. The van der Waals surface area contributed by atoms with E-state index in [9.17, 15) is 18.0 Å². The Bertz CT molecular complexity index is 1140. The van der Waals surface area contributed by atoms with Crippen LogP contribution in [0.15, 0.2) is 24.4 Å². The van der Waals surface area contributed by atoms with Gasteiger partial charge in [0.1, 0.15) is 23.5 Å². The summed E-state index contributed by atoms with van der Waals surface area (Å²) in [6, 6.07) is 5.33. The van der Waals surface area contributed by atoms with Gasteiger partial charge in [-0.1, -0.05) is 6.07 Å². The fraction of sp³-hybridized carbons (Fsp3) is 0.450. The number of aromatic nitrogens is 5. The number of rotatable bonds is 8. The van der Waals surface area contributed by atoms with E-state index in [1.807, 2.05) is 4.90 Å². The number of aryl methyl sites for hydroxylation is 1. The van der Waals surface area contributed by atoms with Crippen molar-refractivity contribution in [1.29, 1.82) is 0 Å². The molecule has 0 saturated carbocycles. The van der Waals surface area contributed by atoms with Crippen LogP contribution in [0.5, 0.6) is 0 Å². The molecule has 0 unspecified atom stereocenters. The lowest BCUT2D eigenvalue weighted by Crippen LogP contribution is -2.28. The van der Waals surface area contributed by atoms with Crippen molar-refractivity contribution >= 4 is 34.5 Å². The van der Waals surface area contributed by atoms with Gasteiger partial charge >= 0.3 is 6.18 Å². The van der Waals surface area contributed by atoms with Crippen molar-refractivity contribution in [3.8, 4) is 0 Å². The number of ether oxygens (including phenoxy) is 1. The van der Waals surface area contributed by atoms with E-state index >= 15 is 0 Å². The summed E-state index contributed by atoms with van der Waals surface area (Å²) < 4.78 is 43.5. The second-order valence-corrected chi connectivity index (χ2v) is 7.72. The van der Waals surface area contributed by atoms with Crippen LogP contribution >= 0.6 is 0 Å². The minimum Gasteiger partial charge on any atom is -0.370 e. The zero-order valence-corrected chi connectivity index (χ0v) is 17.8. The van der Waals surface area contributed by atoms with Gasteiger partial charge in [-0.15, -0.1) is 0 Å². The standard InChI is InChI=1S/C20H23F3N8O2/c1-12-15-16(31(29-12)8-9-33-11-20(21,22)23)18(26-14-4-2-3-6-25-14)28-19(27-15)30-7-5-13(10-30)17(24)32/h2-4,6,13H,5,7-11H2,1H3,(H2,24,32)(H,25,26,27,28)/t13-/m1/s1. The molecule has 0 bridgehead atoms. The monoisotopic (exact) mass is 464 g/mol. The maximum absolute atomic E-state index is 12.4. The summed E-state index contributed by atoms with van der Waals surface area (Å²) in [7, 11) is 0. The maximum Gasteiger partial charge on any atom is 0.411 e. The summed E-state index contributed by atoms with van der Waals surface area (Å²) in [5.41, 5.74) is 7.09. The maximum atomic E-state index is 12.4. The predicted molar refractivity (Wildman–Crippen MR) is 114 cm³/mol. The highest BCUT2D eigenvalue weighted by Gasteiger charge is 2.30. The largest absolute Gasteiger partial charge is 0.411 e. The number of hydrogen-bond donors (Lipinski definition) is 2. The molecule has 0 aliphatic carbocycles. The highest BCUT2D eigenvalue weighted by molar-refractivity contribution is 5.90. The van der Waals surface area contributed by atoms with Crippen LogP contribution in [0.4, 0.5) is 30.8 Å². The van der Waals surface area contributed by atoms with Gasteiger partial charge in [0.25, 0.3) is 0 Å². The van der Waals surface area contributed by atoms with Gasteiger partial charge in [-0.05, 0) is 25.5 Å². The first-order valence-electron chi connectivity index (χ1n) is 10.3. The van der Waals surface area contributed by atoms with Crippen molar-refractivity contribution in [1.82, 2.24) is 24.7 Å². The van der Waals surface area contributed by atoms with E-state index in [1.54, 1.807) is 31.3 Å². The Morgan fingerprint density at radius 1 is 1.33 bits per heavy atom. The third kappa shape index (κ3) is 5.30. The van der Waals surface area contributed by atoms with E-state index in [1.165, 1.54) is 4.68 Å². The molecule has 1 aliphatic heterocycles. The number of carbonyl (C=O) groups excluding carboxylic acids is 1. The zero-order chi connectivity index (χ0) is 23.6. The molecule has 4 rings (SSSR count). The molecule has 3 N–H and O–H groups in total. The predicted octanol–water partition coefficient (Wildman–Crippen LogP) is 2.16. The molecule has 1 amide bonds. The number of nitrogens with one attached hydrogen (secondary N) is 1. The molecule has 13 heteroatoms. The Labute approximate surface area is 187 Å². The Kier molecular flexibility index (Phi) is 6.31. The average molecular weight is 464 g/mol. The van der Waals surface area contributed by atoms with E-state index in [2.05, 4.69) is 25.4 Å². The number of carbonyl (C=O) groups is 1. The van der Waals surface area contributed by atoms with Crippen LogP contribution < -0.4 is 16.0 Å². The average Bonchev–Trinajstić information content (AvgIpc) is 3.37. The Hall–Kier alpha value is -3.48. The van der Waals surface area contributed by atoms with Crippen LogP contribution in [-0.4, -0.2) is 63.1 Å². The van der Waals surface area contributed by atoms with Crippen molar-refractivity contribution in [2.75, 3.05) is 36.5 Å². The van der Waals surface area contributed by atoms with Crippen LogP contribution in [0.3, 0.4) is 0 Å². The normalized spacial score (nSPS) is 16.5. The smallest absolute Gasteiger partial charge is 0.370 e. The van der Waals surface area contributed by atoms with Crippen LogP contribution in [0, 0.1) is 12.8 Å². The van der Waals surface area contributed by atoms with E-state index in [0.717, 1.165) is 0 Å². The van der Waals surface area contributed by atoms with Gasteiger partial charge in [0, 0.05) is 19.3 Å². The van der Waals surface area contributed by atoms with Crippen molar-refractivity contribution in [2.24, 2.45) is 11.7 Å². The van der Waals surface area contributed by atoms with E-state index in [-0.39, 0.29) is 25.0 Å². The third-order valence-electron chi connectivity index (χ3n) is 5.24. The lowest BCUT2D eigenvalue weighted by atomic mass is 10.1. The molecular weight excluding hydrogens is 441 g/mol. The Morgan fingerprint density at radius 3 is 2.82 bits per heavy atom. The molecule has 33 heavy (non-hydrogen) atoms. The fourth-order valence-corrected chi connectivity index (χ4v) is 3.68. The van der Waals surface area contributed by atoms with Crippen LogP contribution in [0.25, 0.3) is 11.0 Å². The number of nitrogens with zero attached hydrogens (tertiary/aromatic N) is 6. The third-order valence-corrected chi connectivity index (χ3v) is 5.24. The molecule has 0 spiro atoms. The Balaban J connectivity index is 1.68. The van der Waals surface area contributed by atoms with Gasteiger partial charge in [0.2, 0.25) is 11.9 Å². The van der Waals surface area contributed by atoms with E-state index in [0.29, 0.717) is 53.8 Å². The minimum absolute atomic E-state index is 0.0769. The van der Waals surface area contributed by atoms with Crippen molar-refractivity contribution in [2.45, 2.75) is 26.1 Å². The lowest BCUT2D eigenvalue weighted by molar-refractivity contribution is -0.174. The summed E-state index contributed by atoms with van der Waals surface area (Å²) in [5.74, 6) is 0.672. The Morgan fingerprint density at radius 2 is 2.15 bits per heavy atom. The summed E-state index contributed by atoms with van der Waals surface area (Å²) in [6.07, 6.45) is -2.17. The zero-order valence-electron chi connectivity index (χ0n) is 17.8. The van der Waals surface area contributed by atoms with Gasteiger partial charge in [0.15, 0.2) is 5.82 Å². The number of nitrogens with two attached hydrogens (primary N) is 1. The molecule has 1 saturated heterocycles. The van der Waals surface area contributed by atoms with Crippen molar-refractivity contribution in [3.63, 3.8) is 0 Å². The first kappa shape index (κ1) is 22.7. The quantitative estimate of drug-likeness (QED) is 0.486. The second-order valence-electron chi connectivity index (χ2n) is 7.72. The SMILES string of the molecule is Cc1nn(CCOCC(F)(F)F)c2c(Nc3ccccn3)nc(N3CC[C@@H](C(N)=O)C3)nc12. The number of primary amides is 1. The molecule has 10 nitrogen and oxygen atoms in total. The molecule has 1 aliphatic rings. The fourth-order valence-electron chi connectivity index (χ4n) is 3.68. The molecule has 1 atom stereocenters. The molecule has 0 aromatic carbocycles. The molecule has 1 fully saturated rings. The molecular formula is C20H23F3N8O2. The van der Waals surface area contributed by atoms with Crippen LogP contribution in [0.2, 0.25) is 0 Å². The van der Waals surface area contributed by atoms with Crippen molar-refractivity contribution < 1.29 is 22.7 Å². The summed E-state index contributed by atoms with van der Waals surface area (Å²) in [6.45, 7) is 1.29. The topological polar surface area (TPSA) is 124 Å². The van der Waals surface area contributed by atoms with Gasteiger partial charge in [-0.3, -0.25) is 9.48 Å². The molecule has 0 radical (unpaired) electrons. The number of amides is 1. The number of alkyl halides is 3. The van der Waals surface area contributed by atoms with Gasteiger partial charge in [-0.25, -0.2) is 9.97 Å².